The predicted molar refractivity (Wildman–Crippen MR) is 107 cm³/mol. The first-order chi connectivity index (χ1) is 15.0. The van der Waals surface area contributed by atoms with E-state index < -0.39 is 41.6 Å². The topological polar surface area (TPSA) is 44.8 Å². The van der Waals surface area contributed by atoms with E-state index in [1.807, 2.05) is 24.3 Å². The summed E-state index contributed by atoms with van der Waals surface area (Å²) in [5.74, 6) is 0.308. The first-order valence-corrected chi connectivity index (χ1v) is 9.67. The Hall–Kier alpha value is -3.11. The Morgan fingerprint density at radius 3 is 1.91 bits per heavy atom. The molecule has 0 atom stereocenters. The van der Waals surface area contributed by atoms with Crippen molar-refractivity contribution < 1.29 is 35.9 Å². The molecule has 5 nitrogen and oxygen atoms in total. The molecule has 3 rings (SSSR count). The fourth-order valence-electron chi connectivity index (χ4n) is 3.35. The number of hydrogen-bond donors (Lipinski definition) is 1. The lowest BCUT2D eigenvalue weighted by molar-refractivity contribution is -0.143. The van der Waals surface area contributed by atoms with E-state index in [1.54, 1.807) is 7.11 Å². The van der Waals surface area contributed by atoms with Crippen LogP contribution in [0.4, 0.5) is 37.7 Å². The zero-order valence-electron chi connectivity index (χ0n) is 17.1. The van der Waals surface area contributed by atoms with Crippen molar-refractivity contribution in [2.75, 3.05) is 50.1 Å². The number of halogens is 6. The normalized spacial score (nSPS) is 15.0. The highest BCUT2D eigenvalue weighted by Crippen LogP contribution is 2.37. The van der Waals surface area contributed by atoms with Crippen molar-refractivity contribution in [3.8, 4) is 5.75 Å². The molecule has 1 N–H and O–H groups in total. The van der Waals surface area contributed by atoms with Crippen molar-refractivity contribution in [3.63, 3.8) is 0 Å². The van der Waals surface area contributed by atoms with Crippen molar-refractivity contribution in [3.05, 3.63) is 53.6 Å². The van der Waals surface area contributed by atoms with E-state index in [2.05, 4.69) is 10.2 Å². The number of carbonyl (C=O) groups excluding carboxylic acids is 1. The third kappa shape index (κ3) is 5.77. The summed E-state index contributed by atoms with van der Waals surface area (Å²) in [5.41, 5.74) is -2.33. The highest BCUT2D eigenvalue weighted by Gasteiger charge is 2.37. The molecule has 1 aliphatic heterocycles. The summed E-state index contributed by atoms with van der Waals surface area (Å²) in [7, 11) is 1.57. The Balaban J connectivity index is 1.60. The number of piperazine rings is 1. The third-order valence-corrected chi connectivity index (χ3v) is 5.10. The van der Waals surface area contributed by atoms with Crippen LogP contribution in [0.2, 0.25) is 0 Å². The number of anilines is 2. The first-order valence-electron chi connectivity index (χ1n) is 9.67. The molecule has 32 heavy (non-hydrogen) atoms. The molecule has 0 bridgehead atoms. The lowest BCUT2D eigenvalue weighted by atomic mass is 10.1. The Morgan fingerprint density at radius 1 is 0.906 bits per heavy atom. The number of nitrogens with zero attached hydrogens (tertiary/aromatic N) is 2. The smallest absolute Gasteiger partial charge is 0.416 e. The van der Waals surface area contributed by atoms with Crippen LogP contribution in [0, 0.1) is 0 Å². The van der Waals surface area contributed by atoms with E-state index in [0.29, 0.717) is 38.3 Å². The van der Waals surface area contributed by atoms with Gasteiger partial charge in [0.25, 0.3) is 0 Å². The van der Waals surface area contributed by atoms with Crippen molar-refractivity contribution >= 4 is 17.3 Å². The summed E-state index contributed by atoms with van der Waals surface area (Å²) in [6.45, 7) is 1.42. The number of methoxy groups -OCH3 is 1. The molecular weight excluding hydrogens is 440 g/mol. The minimum absolute atomic E-state index is 0.0470. The van der Waals surface area contributed by atoms with Gasteiger partial charge in [0.05, 0.1) is 24.8 Å². The molecular formula is C21H21F6N3O2. The van der Waals surface area contributed by atoms with Gasteiger partial charge >= 0.3 is 12.4 Å². The van der Waals surface area contributed by atoms with E-state index in [9.17, 15) is 31.1 Å². The van der Waals surface area contributed by atoms with Gasteiger partial charge in [0.1, 0.15) is 5.75 Å². The lowest BCUT2D eigenvalue weighted by Crippen LogP contribution is -2.50. The maximum absolute atomic E-state index is 13.0. The Kier molecular flexibility index (Phi) is 6.75. The van der Waals surface area contributed by atoms with E-state index in [1.165, 1.54) is 4.90 Å². The van der Waals surface area contributed by atoms with Crippen LogP contribution >= 0.6 is 0 Å². The van der Waals surface area contributed by atoms with E-state index >= 15 is 0 Å². The number of hydrogen-bond acceptors (Lipinski definition) is 4. The van der Waals surface area contributed by atoms with Gasteiger partial charge in [0, 0.05) is 37.6 Å². The molecule has 1 heterocycles. The van der Waals surface area contributed by atoms with E-state index in [0.717, 1.165) is 11.4 Å². The lowest BCUT2D eigenvalue weighted by Gasteiger charge is -2.36. The number of alkyl halides is 6. The minimum atomic E-state index is -4.94. The minimum Gasteiger partial charge on any atom is -0.497 e. The third-order valence-electron chi connectivity index (χ3n) is 5.10. The standard InChI is InChI=1S/C21H21F6N3O2/c1-32-18-4-2-17(3-5-18)29-6-8-30(9-7-29)19(31)13-28-16-11-14(20(22,23)24)10-15(12-16)21(25,26)27/h2-5,10-12,28H,6-9,13H2,1H3. The van der Waals surface area contributed by atoms with Crippen LogP contribution in [0.5, 0.6) is 5.75 Å². The van der Waals surface area contributed by atoms with Gasteiger partial charge in [-0.2, -0.15) is 26.3 Å². The number of amides is 1. The maximum atomic E-state index is 13.0. The summed E-state index contributed by atoms with van der Waals surface area (Å²) in [6, 6.07) is 8.59. The highest BCUT2D eigenvalue weighted by molar-refractivity contribution is 5.81. The number of ether oxygens (including phenoxy) is 1. The summed E-state index contributed by atoms with van der Waals surface area (Å²) in [5, 5.41) is 2.40. The van der Waals surface area contributed by atoms with Gasteiger partial charge in [-0.15, -0.1) is 0 Å². The fraction of sp³-hybridized carbons (Fsp3) is 0.381. The van der Waals surface area contributed by atoms with Crippen LogP contribution in [0.1, 0.15) is 11.1 Å². The van der Waals surface area contributed by atoms with Crippen LogP contribution in [-0.4, -0.2) is 50.6 Å². The van der Waals surface area contributed by atoms with Gasteiger partial charge in [-0.1, -0.05) is 0 Å². The molecule has 1 fully saturated rings. The highest BCUT2D eigenvalue weighted by atomic mass is 19.4. The first kappa shape index (κ1) is 23.6. The zero-order chi connectivity index (χ0) is 23.5. The van der Waals surface area contributed by atoms with Crippen molar-refractivity contribution in [1.82, 2.24) is 4.90 Å². The number of benzene rings is 2. The van der Waals surface area contributed by atoms with Crippen LogP contribution in [0.15, 0.2) is 42.5 Å². The van der Waals surface area contributed by atoms with Crippen LogP contribution < -0.4 is 15.0 Å². The Bertz CT molecular complexity index is 904. The molecule has 0 saturated carbocycles. The van der Waals surface area contributed by atoms with Gasteiger partial charge in [0.2, 0.25) is 5.91 Å². The molecule has 11 heteroatoms. The SMILES string of the molecule is COc1ccc(N2CCN(C(=O)CNc3cc(C(F)(F)F)cc(C(F)(F)F)c3)CC2)cc1. The van der Waals surface area contributed by atoms with E-state index in [4.69, 9.17) is 4.74 Å². The Morgan fingerprint density at radius 2 is 1.44 bits per heavy atom. The molecule has 1 saturated heterocycles. The molecule has 174 valence electrons. The summed E-state index contributed by atoms with van der Waals surface area (Å²) in [6.07, 6.45) is -9.89. The molecule has 2 aromatic carbocycles. The molecule has 0 unspecified atom stereocenters. The quantitative estimate of drug-likeness (QED) is 0.667. The van der Waals surface area contributed by atoms with Crippen molar-refractivity contribution in [1.29, 1.82) is 0 Å². The van der Waals surface area contributed by atoms with Gasteiger partial charge in [0.15, 0.2) is 0 Å². The second kappa shape index (κ2) is 9.17. The summed E-state index contributed by atoms with van der Waals surface area (Å²) >= 11 is 0. The fourth-order valence-corrected chi connectivity index (χ4v) is 3.35. The van der Waals surface area contributed by atoms with Gasteiger partial charge in [-0.05, 0) is 42.5 Å². The van der Waals surface area contributed by atoms with Gasteiger partial charge < -0.3 is 19.9 Å². The van der Waals surface area contributed by atoms with Crippen LogP contribution in [0.25, 0.3) is 0 Å². The Labute approximate surface area is 180 Å². The van der Waals surface area contributed by atoms with Crippen molar-refractivity contribution in [2.45, 2.75) is 12.4 Å². The largest absolute Gasteiger partial charge is 0.497 e. The van der Waals surface area contributed by atoms with E-state index in [-0.39, 0.29) is 6.07 Å². The number of nitrogens with one attached hydrogen (secondary N) is 1. The van der Waals surface area contributed by atoms with Gasteiger partial charge in [-0.25, -0.2) is 0 Å². The number of rotatable bonds is 5. The molecule has 1 aliphatic rings. The van der Waals surface area contributed by atoms with Crippen molar-refractivity contribution in [2.24, 2.45) is 0 Å². The molecule has 0 spiro atoms. The summed E-state index contributed by atoms with van der Waals surface area (Å²) < 4.78 is 82.9. The molecule has 0 aromatic heterocycles. The van der Waals surface area contributed by atoms with Crippen LogP contribution in [-0.2, 0) is 17.1 Å². The zero-order valence-corrected chi connectivity index (χ0v) is 17.1. The monoisotopic (exact) mass is 461 g/mol. The van der Waals surface area contributed by atoms with Gasteiger partial charge in [-0.3, -0.25) is 4.79 Å². The second-order valence-electron chi connectivity index (χ2n) is 7.21. The summed E-state index contributed by atoms with van der Waals surface area (Å²) in [4.78, 5) is 16.0. The molecule has 2 aromatic rings. The predicted octanol–water partition coefficient (Wildman–Crippen LogP) is 4.49. The second-order valence-corrected chi connectivity index (χ2v) is 7.21. The molecule has 1 amide bonds. The maximum Gasteiger partial charge on any atom is 0.416 e. The number of carbonyl (C=O) groups is 1. The van der Waals surface area contributed by atoms with Crippen LogP contribution in [0.3, 0.4) is 0 Å². The average molecular weight is 461 g/mol. The molecule has 0 radical (unpaired) electrons. The average Bonchev–Trinajstić information content (AvgIpc) is 2.76. The molecule has 0 aliphatic carbocycles.